The molecule has 3 N–H and O–H groups in total. The van der Waals surface area contributed by atoms with Crippen molar-refractivity contribution in [3.63, 3.8) is 0 Å². The van der Waals surface area contributed by atoms with Gasteiger partial charge in [-0.15, -0.1) is 11.3 Å². The van der Waals surface area contributed by atoms with Gasteiger partial charge in [-0.1, -0.05) is 0 Å². The zero-order valence-corrected chi connectivity index (χ0v) is 14.5. The first-order valence-corrected chi connectivity index (χ1v) is 9.28. The standard InChI is InChI=1S/C15H12F2N4O2S2/c1-8-4-10(18)6-19-14(8)25(22,23)21-15-20-13(7-24-15)9-2-3-11(16)12(17)5-9/h2-7H,18H2,1H3,(H,20,21). The predicted octanol–water partition coefficient (Wildman–Crippen LogP) is 3.17. The first-order valence-electron chi connectivity index (χ1n) is 6.92. The molecule has 0 atom stereocenters. The normalized spacial score (nSPS) is 11.5. The van der Waals surface area contributed by atoms with E-state index in [9.17, 15) is 17.2 Å². The molecule has 3 aromatic rings. The number of halogens is 2. The number of hydrogen-bond acceptors (Lipinski definition) is 6. The Labute approximate surface area is 146 Å². The minimum Gasteiger partial charge on any atom is -0.397 e. The van der Waals surface area contributed by atoms with Crippen molar-refractivity contribution in [3.05, 3.63) is 53.0 Å². The van der Waals surface area contributed by atoms with Crippen LogP contribution >= 0.6 is 11.3 Å². The van der Waals surface area contributed by atoms with E-state index in [-0.39, 0.29) is 10.2 Å². The minimum absolute atomic E-state index is 0.0813. The fourth-order valence-corrected chi connectivity index (χ4v) is 4.27. The molecule has 0 amide bonds. The van der Waals surface area contributed by atoms with Gasteiger partial charge in [-0.3, -0.25) is 4.72 Å². The van der Waals surface area contributed by atoms with E-state index in [1.807, 2.05) is 0 Å². The monoisotopic (exact) mass is 382 g/mol. The third kappa shape index (κ3) is 3.59. The van der Waals surface area contributed by atoms with Gasteiger partial charge in [0.1, 0.15) is 0 Å². The van der Waals surface area contributed by atoms with E-state index < -0.39 is 21.7 Å². The Morgan fingerprint density at radius 1 is 1.20 bits per heavy atom. The van der Waals surface area contributed by atoms with Crippen LogP contribution in [-0.4, -0.2) is 18.4 Å². The molecule has 0 aliphatic rings. The highest BCUT2D eigenvalue weighted by atomic mass is 32.2. The molecule has 0 fully saturated rings. The van der Waals surface area contributed by atoms with Crippen LogP contribution in [0.25, 0.3) is 11.3 Å². The predicted molar refractivity (Wildman–Crippen MR) is 91.7 cm³/mol. The topological polar surface area (TPSA) is 98.0 Å². The Balaban J connectivity index is 1.88. The fraction of sp³-hybridized carbons (Fsp3) is 0.0667. The second kappa shape index (κ2) is 6.37. The first kappa shape index (κ1) is 17.2. The van der Waals surface area contributed by atoms with Gasteiger partial charge in [-0.05, 0) is 36.8 Å². The fourth-order valence-electron chi connectivity index (χ4n) is 2.14. The molecule has 25 heavy (non-hydrogen) atoms. The van der Waals surface area contributed by atoms with Crippen molar-refractivity contribution >= 4 is 32.2 Å². The van der Waals surface area contributed by atoms with Crippen molar-refractivity contribution in [2.45, 2.75) is 11.9 Å². The summed E-state index contributed by atoms with van der Waals surface area (Å²) >= 11 is 1.01. The highest BCUT2D eigenvalue weighted by Gasteiger charge is 2.20. The smallest absolute Gasteiger partial charge is 0.281 e. The molecule has 1 aromatic carbocycles. The zero-order chi connectivity index (χ0) is 18.2. The number of benzene rings is 1. The molecule has 3 rings (SSSR count). The number of pyridine rings is 1. The third-order valence-electron chi connectivity index (χ3n) is 3.25. The molecule has 0 spiro atoms. The van der Waals surface area contributed by atoms with Gasteiger partial charge < -0.3 is 5.73 Å². The van der Waals surface area contributed by atoms with Crippen molar-refractivity contribution in [2.75, 3.05) is 10.5 Å². The Kier molecular flexibility index (Phi) is 4.39. The van der Waals surface area contributed by atoms with Crippen LogP contribution < -0.4 is 10.5 Å². The minimum atomic E-state index is -3.95. The van der Waals surface area contributed by atoms with Crippen LogP contribution in [0.3, 0.4) is 0 Å². The van der Waals surface area contributed by atoms with E-state index in [0.717, 1.165) is 23.5 Å². The summed E-state index contributed by atoms with van der Waals surface area (Å²) < 4.78 is 53.5. The maximum absolute atomic E-state index is 13.3. The molecule has 0 aliphatic heterocycles. The number of rotatable bonds is 4. The van der Waals surface area contributed by atoms with Gasteiger partial charge in [0.15, 0.2) is 21.8 Å². The van der Waals surface area contributed by atoms with Crippen LogP contribution in [-0.2, 0) is 10.0 Å². The van der Waals surface area contributed by atoms with Crippen LogP contribution in [0.15, 0.2) is 40.9 Å². The Bertz CT molecular complexity index is 1050. The summed E-state index contributed by atoms with van der Waals surface area (Å²) in [6.07, 6.45) is 1.25. The molecular formula is C15H12F2N4O2S2. The summed E-state index contributed by atoms with van der Waals surface area (Å²) in [5.41, 5.74) is 6.97. The molecule has 2 heterocycles. The number of thiazole rings is 1. The van der Waals surface area contributed by atoms with Crippen LogP contribution in [0, 0.1) is 18.6 Å². The van der Waals surface area contributed by atoms with Gasteiger partial charge in [0.05, 0.1) is 17.6 Å². The van der Waals surface area contributed by atoms with Crippen molar-refractivity contribution < 1.29 is 17.2 Å². The number of aromatic nitrogens is 2. The lowest BCUT2D eigenvalue weighted by Gasteiger charge is -2.07. The molecule has 0 aliphatic carbocycles. The van der Waals surface area contributed by atoms with E-state index >= 15 is 0 Å². The van der Waals surface area contributed by atoms with Crippen LogP contribution in [0.2, 0.25) is 0 Å². The second-order valence-electron chi connectivity index (χ2n) is 5.16. The summed E-state index contributed by atoms with van der Waals surface area (Å²) in [6, 6.07) is 4.83. The van der Waals surface area contributed by atoms with Gasteiger partial charge in [0, 0.05) is 10.9 Å². The number of anilines is 2. The zero-order valence-electron chi connectivity index (χ0n) is 12.8. The summed E-state index contributed by atoms with van der Waals surface area (Å²) in [6.45, 7) is 1.58. The van der Waals surface area contributed by atoms with Gasteiger partial charge >= 0.3 is 0 Å². The van der Waals surface area contributed by atoms with Crippen LogP contribution in [0.5, 0.6) is 0 Å². The summed E-state index contributed by atoms with van der Waals surface area (Å²) in [5, 5.41) is 1.46. The molecule has 0 saturated heterocycles. The molecule has 0 radical (unpaired) electrons. The highest BCUT2D eigenvalue weighted by Crippen LogP contribution is 2.28. The number of nitrogen functional groups attached to an aromatic ring is 1. The maximum atomic E-state index is 13.3. The van der Waals surface area contributed by atoms with Crippen LogP contribution in [0.4, 0.5) is 19.6 Å². The van der Waals surface area contributed by atoms with E-state index in [1.54, 1.807) is 6.92 Å². The maximum Gasteiger partial charge on any atom is 0.281 e. The average Bonchev–Trinajstić information content (AvgIpc) is 2.97. The molecule has 6 nitrogen and oxygen atoms in total. The number of nitrogens with zero attached hydrogens (tertiary/aromatic N) is 2. The van der Waals surface area contributed by atoms with Crippen molar-refractivity contribution in [2.24, 2.45) is 0 Å². The van der Waals surface area contributed by atoms with E-state index in [2.05, 4.69) is 14.7 Å². The molecular weight excluding hydrogens is 370 g/mol. The lowest BCUT2D eigenvalue weighted by molar-refractivity contribution is 0.509. The van der Waals surface area contributed by atoms with Gasteiger partial charge in [0.2, 0.25) is 0 Å². The van der Waals surface area contributed by atoms with Crippen molar-refractivity contribution in [1.29, 1.82) is 0 Å². The Morgan fingerprint density at radius 3 is 2.64 bits per heavy atom. The Hall–Kier alpha value is -2.59. The number of hydrogen-bond donors (Lipinski definition) is 2. The average molecular weight is 382 g/mol. The lowest BCUT2D eigenvalue weighted by Crippen LogP contribution is -2.16. The second-order valence-corrected chi connectivity index (χ2v) is 7.62. The van der Waals surface area contributed by atoms with Gasteiger partial charge in [-0.25, -0.2) is 18.7 Å². The molecule has 0 unspecified atom stereocenters. The van der Waals surface area contributed by atoms with Gasteiger partial charge in [-0.2, -0.15) is 8.42 Å². The number of nitrogens with two attached hydrogens (primary N) is 1. The van der Waals surface area contributed by atoms with E-state index in [4.69, 9.17) is 5.73 Å². The molecule has 2 aromatic heterocycles. The Morgan fingerprint density at radius 2 is 1.96 bits per heavy atom. The number of aryl methyl sites for hydroxylation is 1. The summed E-state index contributed by atoms with van der Waals surface area (Å²) in [7, 11) is -3.95. The van der Waals surface area contributed by atoms with E-state index in [1.165, 1.54) is 23.7 Å². The lowest BCUT2D eigenvalue weighted by atomic mass is 10.2. The SMILES string of the molecule is Cc1cc(N)cnc1S(=O)(=O)Nc1nc(-c2ccc(F)c(F)c2)cs1. The molecule has 130 valence electrons. The first-order chi connectivity index (χ1) is 11.8. The molecule has 0 saturated carbocycles. The largest absolute Gasteiger partial charge is 0.397 e. The molecule has 0 bridgehead atoms. The third-order valence-corrected chi connectivity index (χ3v) is 5.53. The number of sulfonamides is 1. The molecule has 10 heteroatoms. The van der Waals surface area contributed by atoms with Gasteiger partial charge in [0.25, 0.3) is 10.0 Å². The quantitative estimate of drug-likeness (QED) is 0.722. The number of nitrogens with one attached hydrogen (secondary N) is 1. The summed E-state index contributed by atoms with van der Waals surface area (Å²) in [4.78, 5) is 7.94. The highest BCUT2D eigenvalue weighted by molar-refractivity contribution is 7.92. The summed E-state index contributed by atoms with van der Waals surface area (Å²) in [5.74, 6) is -1.97. The van der Waals surface area contributed by atoms with E-state index in [0.29, 0.717) is 22.5 Å². The van der Waals surface area contributed by atoms with Crippen molar-refractivity contribution in [3.8, 4) is 11.3 Å². The van der Waals surface area contributed by atoms with Crippen LogP contribution in [0.1, 0.15) is 5.56 Å². The van der Waals surface area contributed by atoms with Crippen molar-refractivity contribution in [1.82, 2.24) is 9.97 Å².